The Labute approximate surface area is 112 Å². The molecule has 0 unspecified atom stereocenters. The van der Waals surface area contributed by atoms with E-state index < -0.39 is 6.09 Å². The molecule has 5 heteroatoms. The molecule has 1 rings (SSSR count). The second-order valence-electron chi connectivity index (χ2n) is 3.67. The van der Waals surface area contributed by atoms with Crippen LogP contribution in [0.25, 0.3) is 0 Å². The highest BCUT2D eigenvalue weighted by Crippen LogP contribution is 2.09. The van der Waals surface area contributed by atoms with Crippen LogP contribution in [0, 0.1) is 12.3 Å². The maximum Gasteiger partial charge on any atom is 0.407 e. The van der Waals surface area contributed by atoms with Crippen LogP contribution in [-0.2, 0) is 9.53 Å². The van der Waals surface area contributed by atoms with Gasteiger partial charge in [0.05, 0.1) is 6.61 Å². The molecule has 19 heavy (non-hydrogen) atoms. The van der Waals surface area contributed by atoms with Gasteiger partial charge in [0.25, 0.3) is 0 Å². The van der Waals surface area contributed by atoms with Gasteiger partial charge in [-0.25, -0.2) is 4.79 Å². The normalized spacial score (nSPS) is 9.26. The van der Waals surface area contributed by atoms with Crippen molar-refractivity contribution in [2.24, 2.45) is 0 Å². The Morgan fingerprint density at radius 1 is 1.42 bits per heavy atom. The van der Waals surface area contributed by atoms with Crippen LogP contribution in [0.15, 0.2) is 24.3 Å². The zero-order valence-electron chi connectivity index (χ0n) is 10.7. The number of amides is 2. The largest absolute Gasteiger partial charge is 0.450 e. The zero-order chi connectivity index (χ0) is 14.1. The first kappa shape index (κ1) is 14.6. The number of nitrogens with one attached hydrogen (secondary N) is 2. The summed E-state index contributed by atoms with van der Waals surface area (Å²) in [5, 5.41) is 5.16. The highest BCUT2D eigenvalue weighted by atomic mass is 16.5. The minimum absolute atomic E-state index is 0.166. The highest BCUT2D eigenvalue weighted by molar-refractivity contribution is 5.91. The molecular formula is C14H16N2O3. The van der Waals surface area contributed by atoms with E-state index in [1.165, 1.54) is 0 Å². The van der Waals surface area contributed by atoms with Crippen molar-refractivity contribution in [1.82, 2.24) is 5.32 Å². The van der Waals surface area contributed by atoms with Crippen LogP contribution in [0.2, 0.25) is 0 Å². The Balaban J connectivity index is 2.35. The minimum atomic E-state index is -0.523. The summed E-state index contributed by atoms with van der Waals surface area (Å²) in [6, 6.07) is 6.99. The molecule has 0 radical (unpaired) electrons. The first-order valence-corrected chi connectivity index (χ1v) is 5.93. The second kappa shape index (κ2) is 7.77. The molecule has 0 aliphatic carbocycles. The van der Waals surface area contributed by atoms with E-state index in [1.54, 1.807) is 31.2 Å². The van der Waals surface area contributed by atoms with Gasteiger partial charge in [0.2, 0.25) is 5.91 Å². The van der Waals surface area contributed by atoms with Crippen LogP contribution in [0.4, 0.5) is 10.5 Å². The fraction of sp³-hybridized carbons (Fsp3) is 0.286. The SMILES string of the molecule is C#Cc1cccc(NC(=O)CCNC(=O)OCC)c1. The Morgan fingerprint density at radius 2 is 2.21 bits per heavy atom. The number of carbonyl (C=O) groups excluding carboxylic acids is 2. The number of rotatable bonds is 5. The van der Waals surface area contributed by atoms with Gasteiger partial charge in [-0.15, -0.1) is 6.42 Å². The molecule has 0 atom stereocenters. The molecule has 0 aromatic heterocycles. The number of hydrogen-bond acceptors (Lipinski definition) is 3. The summed E-state index contributed by atoms with van der Waals surface area (Å²) in [4.78, 5) is 22.6. The smallest absolute Gasteiger partial charge is 0.407 e. The predicted molar refractivity (Wildman–Crippen MR) is 72.6 cm³/mol. The van der Waals surface area contributed by atoms with E-state index in [-0.39, 0.29) is 18.9 Å². The molecule has 0 aliphatic heterocycles. The van der Waals surface area contributed by atoms with Gasteiger partial charge in [-0.1, -0.05) is 12.0 Å². The summed E-state index contributed by atoms with van der Waals surface area (Å²) in [5.41, 5.74) is 1.33. The number of anilines is 1. The third kappa shape index (κ3) is 5.59. The average Bonchev–Trinajstić information content (AvgIpc) is 2.39. The standard InChI is InChI=1S/C14H16N2O3/c1-3-11-6-5-7-12(10-11)16-13(17)8-9-15-14(18)19-4-2/h1,5-7,10H,4,8-9H2,2H3,(H,15,18)(H,16,17). The van der Waals surface area contributed by atoms with Gasteiger partial charge < -0.3 is 15.4 Å². The summed E-state index contributed by atoms with van der Waals surface area (Å²) < 4.78 is 4.67. The number of ether oxygens (including phenoxy) is 1. The minimum Gasteiger partial charge on any atom is -0.450 e. The van der Waals surface area contributed by atoms with Gasteiger partial charge >= 0.3 is 6.09 Å². The third-order valence-electron chi connectivity index (χ3n) is 2.21. The third-order valence-corrected chi connectivity index (χ3v) is 2.21. The maximum absolute atomic E-state index is 11.6. The zero-order valence-corrected chi connectivity index (χ0v) is 10.7. The maximum atomic E-state index is 11.6. The summed E-state index contributed by atoms with van der Waals surface area (Å²) in [6.07, 6.45) is 4.91. The van der Waals surface area contributed by atoms with Crippen molar-refractivity contribution >= 4 is 17.7 Å². The number of hydrogen-bond donors (Lipinski definition) is 2. The fourth-order valence-corrected chi connectivity index (χ4v) is 1.37. The molecule has 100 valence electrons. The van der Waals surface area contributed by atoms with Crippen molar-refractivity contribution in [3.8, 4) is 12.3 Å². The van der Waals surface area contributed by atoms with Gasteiger partial charge in [0.15, 0.2) is 0 Å². The molecule has 5 nitrogen and oxygen atoms in total. The quantitative estimate of drug-likeness (QED) is 0.792. The molecule has 2 amide bonds. The van der Waals surface area contributed by atoms with Crippen LogP contribution in [0.5, 0.6) is 0 Å². The predicted octanol–water partition coefficient (Wildman–Crippen LogP) is 1.74. The van der Waals surface area contributed by atoms with Gasteiger partial charge in [0.1, 0.15) is 0 Å². The van der Waals surface area contributed by atoms with Gasteiger partial charge in [-0.2, -0.15) is 0 Å². The molecule has 2 N–H and O–H groups in total. The Kier molecular flexibility index (Phi) is 5.96. The summed E-state index contributed by atoms with van der Waals surface area (Å²) in [6.45, 7) is 2.24. The van der Waals surface area contributed by atoms with E-state index >= 15 is 0 Å². The molecule has 1 aromatic rings. The lowest BCUT2D eigenvalue weighted by molar-refractivity contribution is -0.116. The van der Waals surface area contributed by atoms with E-state index in [2.05, 4.69) is 21.3 Å². The van der Waals surface area contributed by atoms with E-state index in [4.69, 9.17) is 6.42 Å². The topological polar surface area (TPSA) is 67.4 Å². The molecule has 0 saturated heterocycles. The molecular weight excluding hydrogens is 244 g/mol. The first-order valence-electron chi connectivity index (χ1n) is 5.93. The summed E-state index contributed by atoms with van der Waals surface area (Å²) in [7, 11) is 0. The van der Waals surface area contributed by atoms with E-state index in [0.717, 1.165) is 0 Å². The first-order chi connectivity index (χ1) is 9.15. The van der Waals surface area contributed by atoms with Crippen molar-refractivity contribution < 1.29 is 14.3 Å². The van der Waals surface area contributed by atoms with Crippen LogP contribution in [-0.4, -0.2) is 25.2 Å². The lowest BCUT2D eigenvalue weighted by Crippen LogP contribution is -2.28. The second-order valence-corrected chi connectivity index (χ2v) is 3.67. The monoisotopic (exact) mass is 260 g/mol. The van der Waals surface area contributed by atoms with Crippen LogP contribution in [0.1, 0.15) is 18.9 Å². The molecule has 0 saturated carbocycles. The Bertz CT molecular complexity index is 492. The number of benzene rings is 1. The van der Waals surface area contributed by atoms with Crippen LogP contribution >= 0.6 is 0 Å². The lowest BCUT2D eigenvalue weighted by atomic mass is 10.2. The van der Waals surface area contributed by atoms with E-state index in [1.807, 2.05) is 0 Å². The number of terminal acetylenes is 1. The van der Waals surface area contributed by atoms with E-state index in [0.29, 0.717) is 17.9 Å². The van der Waals surface area contributed by atoms with Gasteiger partial charge in [0, 0.05) is 24.2 Å². The van der Waals surface area contributed by atoms with Gasteiger partial charge in [-0.3, -0.25) is 4.79 Å². The van der Waals surface area contributed by atoms with Crippen molar-refractivity contribution in [1.29, 1.82) is 0 Å². The number of alkyl carbamates (subject to hydrolysis) is 1. The average molecular weight is 260 g/mol. The Hall–Kier alpha value is -2.48. The molecule has 0 bridgehead atoms. The molecule has 1 aromatic carbocycles. The molecule has 0 fully saturated rings. The molecule has 0 spiro atoms. The van der Waals surface area contributed by atoms with Gasteiger partial charge in [-0.05, 0) is 25.1 Å². The fourth-order valence-electron chi connectivity index (χ4n) is 1.37. The summed E-state index contributed by atoms with van der Waals surface area (Å²) >= 11 is 0. The number of carbonyl (C=O) groups is 2. The van der Waals surface area contributed by atoms with Crippen molar-refractivity contribution in [3.05, 3.63) is 29.8 Å². The van der Waals surface area contributed by atoms with Crippen LogP contribution in [0.3, 0.4) is 0 Å². The van der Waals surface area contributed by atoms with Crippen molar-refractivity contribution in [2.45, 2.75) is 13.3 Å². The van der Waals surface area contributed by atoms with Crippen LogP contribution < -0.4 is 10.6 Å². The van der Waals surface area contributed by atoms with Crippen molar-refractivity contribution in [3.63, 3.8) is 0 Å². The molecule has 0 aliphatic rings. The Morgan fingerprint density at radius 3 is 2.89 bits per heavy atom. The van der Waals surface area contributed by atoms with Crippen molar-refractivity contribution in [2.75, 3.05) is 18.5 Å². The van der Waals surface area contributed by atoms with E-state index in [9.17, 15) is 9.59 Å². The summed E-state index contributed by atoms with van der Waals surface area (Å²) in [5.74, 6) is 2.29. The highest BCUT2D eigenvalue weighted by Gasteiger charge is 2.04. The lowest BCUT2D eigenvalue weighted by Gasteiger charge is -2.07. The molecule has 0 heterocycles.